The Kier molecular flexibility index (Phi) is 5.68. The first-order valence-electron chi connectivity index (χ1n) is 9.71. The van der Waals surface area contributed by atoms with Gasteiger partial charge < -0.3 is 4.57 Å². The van der Waals surface area contributed by atoms with Crippen LogP contribution in [-0.2, 0) is 4.57 Å². The summed E-state index contributed by atoms with van der Waals surface area (Å²) in [5.41, 5.74) is 4.11. The van der Waals surface area contributed by atoms with Crippen molar-refractivity contribution in [2.45, 2.75) is 0 Å². The van der Waals surface area contributed by atoms with E-state index in [-0.39, 0.29) is 0 Å². The zero-order chi connectivity index (χ0) is 21.6. The molecule has 0 saturated carbocycles. The van der Waals surface area contributed by atoms with Crippen LogP contribution in [0.2, 0.25) is 0 Å². The lowest BCUT2D eigenvalue weighted by Gasteiger charge is -2.20. The van der Waals surface area contributed by atoms with Crippen molar-refractivity contribution >= 4 is 76.4 Å². The lowest BCUT2D eigenvalue weighted by molar-refractivity contribution is 0.593. The van der Waals surface area contributed by atoms with Crippen molar-refractivity contribution in [1.82, 2.24) is 0 Å². The van der Waals surface area contributed by atoms with Crippen LogP contribution in [0.1, 0.15) is 16.7 Å². The number of hydrogen-bond donors (Lipinski definition) is 0. The molecule has 1 aliphatic heterocycles. The van der Waals surface area contributed by atoms with Gasteiger partial charge in [-0.15, -0.1) is 0 Å². The summed E-state index contributed by atoms with van der Waals surface area (Å²) in [4.78, 5) is 0. The molecule has 1 heterocycles. The molecule has 1 unspecified atom stereocenters. The Hall–Kier alpha value is -1.71. The van der Waals surface area contributed by atoms with Gasteiger partial charge in [-0.1, -0.05) is 96.3 Å². The third kappa shape index (κ3) is 3.64. The molecule has 0 saturated heterocycles. The molecule has 0 N–H and O–H groups in total. The molecule has 31 heavy (non-hydrogen) atoms. The summed E-state index contributed by atoms with van der Waals surface area (Å²) in [6, 6.07) is 32.4. The van der Waals surface area contributed by atoms with Gasteiger partial charge in [-0.3, -0.25) is 0 Å². The van der Waals surface area contributed by atoms with Gasteiger partial charge in [0.25, 0.3) is 0 Å². The fourth-order valence-electron chi connectivity index (χ4n) is 4.13. The third-order valence-corrected chi connectivity index (χ3v) is 10.3. The molecule has 0 aliphatic carbocycles. The van der Waals surface area contributed by atoms with Crippen molar-refractivity contribution < 1.29 is 4.57 Å². The largest absolute Gasteiger partial charge is 0.309 e. The van der Waals surface area contributed by atoms with Crippen LogP contribution in [0.3, 0.4) is 0 Å². The second-order valence-electron chi connectivity index (χ2n) is 7.34. The minimum atomic E-state index is -3.08. The zero-order valence-electron chi connectivity index (χ0n) is 16.2. The predicted molar refractivity (Wildman–Crippen MR) is 142 cm³/mol. The zero-order valence-corrected chi connectivity index (χ0v) is 21.9. The molecular formula is C26H16Br3OP. The molecule has 1 nitrogen and oxygen atoms in total. The van der Waals surface area contributed by atoms with Crippen LogP contribution in [0.25, 0.3) is 10.9 Å². The predicted octanol–water partition coefficient (Wildman–Crippen LogP) is 8.22. The van der Waals surface area contributed by atoms with Gasteiger partial charge in [0.2, 0.25) is 0 Å². The van der Waals surface area contributed by atoms with Crippen LogP contribution >= 0.6 is 54.9 Å². The lowest BCUT2D eigenvalue weighted by atomic mass is 9.96. The molecule has 5 heteroatoms. The molecule has 4 aromatic rings. The van der Waals surface area contributed by atoms with Gasteiger partial charge in [0.15, 0.2) is 7.14 Å². The second kappa shape index (κ2) is 8.33. The van der Waals surface area contributed by atoms with Crippen LogP contribution in [0.5, 0.6) is 0 Å². The minimum absolute atomic E-state index is 0.841. The van der Waals surface area contributed by atoms with Gasteiger partial charge in [0, 0.05) is 34.9 Å². The first-order valence-corrected chi connectivity index (χ1v) is 13.8. The Morgan fingerprint density at radius 1 is 0.548 bits per heavy atom. The molecule has 0 fully saturated rings. The highest BCUT2D eigenvalue weighted by molar-refractivity contribution is 9.11. The maximum Gasteiger partial charge on any atom is 0.172 e. The average Bonchev–Trinajstić information content (AvgIpc) is 3.05. The monoisotopic (exact) mass is 612 g/mol. The minimum Gasteiger partial charge on any atom is -0.309 e. The van der Waals surface area contributed by atoms with Gasteiger partial charge >= 0.3 is 0 Å². The molecule has 0 bridgehead atoms. The van der Waals surface area contributed by atoms with E-state index in [2.05, 4.69) is 78.1 Å². The van der Waals surface area contributed by atoms with Gasteiger partial charge in [-0.2, -0.15) is 0 Å². The van der Waals surface area contributed by atoms with E-state index in [1.165, 1.54) is 0 Å². The molecule has 0 amide bonds. The van der Waals surface area contributed by atoms with Crippen LogP contribution in [0.15, 0.2) is 110 Å². The van der Waals surface area contributed by atoms with Crippen molar-refractivity contribution in [2.24, 2.45) is 0 Å². The smallest absolute Gasteiger partial charge is 0.172 e. The number of benzene rings is 4. The summed E-state index contributed by atoms with van der Waals surface area (Å²) in [5, 5.41) is 2.63. The summed E-state index contributed by atoms with van der Waals surface area (Å²) in [5.74, 6) is 0. The van der Waals surface area contributed by atoms with Gasteiger partial charge in [-0.05, 0) is 65.2 Å². The quantitative estimate of drug-likeness (QED) is 0.213. The Labute approximate surface area is 207 Å². The summed E-state index contributed by atoms with van der Waals surface area (Å²) in [6.45, 7) is 0. The van der Waals surface area contributed by atoms with Crippen molar-refractivity contribution in [2.75, 3.05) is 0 Å². The fourth-order valence-corrected chi connectivity index (χ4v) is 8.16. The molecule has 0 aromatic heterocycles. The molecule has 5 rings (SSSR count). The Bertz CT molecular complexity index is 1360. The van der Waals surface area contributed by atoms with Crippen molar-refractivity contribution in [3.05, 3.63) is 127 Å². The number of halogens is 3. The van der Waals surface area contributed by atoms with Gasteiger partial charge in [0.05, 0.1) is 0 Å². The molecule has 1 aliphatic rings. The lowest BCUT2D eigenvalue weighted by Crippen LogP contribution is -2.15. The molecule has 1 atom stereocenters. The first-order chi connectivity index (χ1) is 15.0. The fraction of sp³-hybridized carbons (Fsp3) is 0. The maximum absolute atomic E-state index is 15.1. The Morgan fingerprint density at radius 3 is 1.61 bits per heavy atom. The third-order valence-electron chi connectivity index (χ3n) is 5.51. The standard InChI is InChI=1S/C26H16Br3OP/c27-19-9-5-17(6-10-19)25-23-3-1-2-4-24(23)31(30,22-15-13-21(29)14-16-22)26(25)18-7-11-20(28)12-8-18/h1-16H. The van der Waals surface area contributed by atoms with E-state index in [9.17, 15) is 0 Å². The van der Waals surface area contributed by atoms with E-state index in [1.54, 1.807) is 0 Å². The number of hydrogen-bond acceptors (Lipinski definition) is 1. The van der Waals surface area contributed by atoms with Gasteiger partial charge in [-0.25, -0.2) is 0 Å². The summed E-state index contributed by atoms with van der Waals surface area (Å²) in [6.07, 6.45) is 0. The molecule has 4 aromatic carbocycles. The summed E-state index contributed by atoms with van der Waals surface area (Å²) >= 11 is 10.6. The molecular weight excluding hydrogens is 599 g/mol. The van der Waals surface area contributed by atoms with Gasteiger partial charge in [0.1, 0.15) is 0 Å². The second-order valence-corrected chi connectivity index (χ2v) is 12.8. The van der Waals surface area contributed by atoms with Crippen molar-refractivity contribution in [3.63, 3.8) is 0 Å². The van der Waals surface area contributed by atoms with Crippen molar-refractivity contribution in [3.8, 4) is 0 Å². The van der Waals surface area contributed by atoms with E-state index < -0.39 is 7.14 Å². The van der Waals surface area contributed by atoms with Crippen LogP contribution in [0.4, 0.5) is 0 Å². The Morgan fingerprint density at radius 2 is 1.03 bits per heavy atom. The summed E-state index contributed by atoms with van der Waals surface area (Å²) in [7, 11) is -3.08. The maximum atomic E-state index is 15.1. The van der Waals surface area contributed by atoms with Crippen LogP contribution in [-0.4, -0.2) is 0 Å². The van der Waals surface area contributed by atoms with E-state index in [1.807, 2.05) is 66.7 Å². The summed E-state index contributed by atoms with van der Waals surface area (Å²) < 4.78 is 18.1. The van der Waals surface area contributed by atoms with E-state index >= 15 is 4.57 Å². The highest BCUT2D eigenvalue weighted by Crippen LogP contribution is 2.65. The highest BCUT2D eigenvalue weighted by atomic mass is 79.9. The average molecular weight is 615 g/mol. The van der Waals surface area contributed by atoms with E-state index in [0.717, 1.165) is 51.6 Å². The molecule has 0 spiro atoms. The molecule has 152 valence electrons. The topological polar surface area (TPSA) is 17.1 Å². The normalized spacial score (nSPS) is 17.6. The van der Waals surface area contributed by atoms with E-state index in [4.69, 9.17) is 0 Å². The molecule has 0 radical (unpaired) electrons. The van der Waals surface area contributed by atoms with Crippen LogP contribution in [0, 0.1) is 0 Å². The Balaban J connectivity index is 1.90. The number of rotatable bonds is 3. The van der Waals surface area contributed by atoms with Crippen molar-refractivity contribution in [1.29, 1.82) is 0 Å². The van der Waals surface area contributed by atoms with E-state index in [0.29, 0.717) is 0 Å². The SMILES string of the molecule is O=P1(c2ccc(Br)cc2)C(c2ccc(Br)cc2)=C(c2ccc(Br)cc2)c2ccccc21. The highest BCUT2D eigenvalue weighted by Gasteiger charge is 2.43. The number of fused-ring (bicyclic) bond motifs is 1. The van der Waals surface area contributed by atoms with Crippen LogP contribution < -0.4 is 10.6 Å². The first kappa shape index (κ1) is 21.2.